The van der Waals surface area contributed by atoms with Crippen molar-refractivity contribution in [2.45, 2.75) is 19.4 Å². The Morgan fingerprint density at radius 3 is 2.71 bits per heavy atom. The number of carbonyl (C=O) groups is 1. The third-order valence-electron chi connectivity index (χ3n) is 6.57. The summed E-state index contributed by atoms with van der Waals surface area (Å²) in [5, 5.41) is 1.82. The van der Waals surface area contributed by atoms with Crippen LogP contribution < -0.4 is 4.74 Å². The molecule has 2 aliphatic heterocycles. The van der Waals surface area contributed by atoms with E-state index >= 15 is 0 Å². The van der Waals surface area contributed by atoms with Crippen LogP contribution in [-0.4, -0.2) is 73.5 Å². The van der Waals surface area contributed by atoms with Crippen molar-refractivity contribution in [2.24, 2.45) is 0 Å². The first-order valence-electron chi connectivity index (χ1n) is 11.9. The van der Waals surface area contributed by atoms with Crippen LogP contribution in [0.15, 0.2) is 42.5 Å². The standard InChI is InChI=1S/C26H30ClN3O4/c1-2-33-26(31)30-10-9-21-22-17-19(27)5-8-23(22)28-24(21)25(30)18-3-6-20(7-4-18)34-16-13-29-11-14-32-15-12-29/h3-8,17,25,28H,2,9-16H2,1H3. The van der Waals surface area contributed by atoms with Crippen LogP contribution in [0.5, 0.6) is 5.75 Å². The Morgan fingerprint density at radius 1 is 1.15 bits per heavy atom. The molecule has 1 atom stereocenters. The van der Waals surface area contributed by atoms with E-state index in [9.17, 15) is 4.79 Å². The fraction of sp³-hybridized carbons (Fsp3) is 0.423. The SMILES string of the molecule is CCOC(=O)N1CCc2c([nH]c3ccc(Cl)cc23)C1c1ccc(OCCN2CCOCC2)cc1. The number of hydrogen-bond acceptors (Lipinski definition) is 5. The Hall–Kier alpha value is -2.74. The number of hydrogen-bond donors (Lipinski definition) is 1. The highest BCUT2D eigenvalue weighted by atomic mass is 35.5. The number of aromatic amines is 1. The first-order valence-corrected chi connectivity index (χ1v) is 12.3. The molecule has 0 aliphatic carbocycles. The average Bonchev–Trinajstić information content (AvgIpc) is 3.22. The maximum Gasteiger partial charge on any atom is 0.410 e. The van der Waals surface area contributed by atoms with Crippen molar-refractivity contribution in [3.05, 3.63) is 64.3 Å². The molecule has 2 aliphatic rings. The van der Waals surface area contributed by atoms with Crippen LogP contribution >= 0.6 is 11.6 Å². The lowest BCUT2D eigenvalue weighted by Crippen LogP contribution is -2.41. The first kappa shape index (κ1) is 23.0. The Kier molecular flexibility index (Phi) is 6.94. The Labute approximate surface area is 204 Å². The van der Waals surface area contributed by atoms with Crippen molar-refractivity contribution < 1.29 is 19.0 Å². The van der Waals surface area contributed by atoms with Crippen LogP contribution in [0.3, 0.4) is 0 Å². The zero-order valence-corrected chi connectivity index (χ0v) is 20.1. The van der Waals surface area contributed by atoms with E-state index in [1.807, 2.05) is 49.4 Å². The molecule has 180 valence electrons. The van der Waals surface area contributed by atoms with E-state index in [1.165, 1.54) is 5.56 Å². The van der Waals surface area contributed by atoms with E-state index in [4.69, 9.17) is 25.8 Å². The number of rotatable bonds is 6. The highest BCUT2D eigenvalue weighted by Gasteiger charge is 2.35. The van der Waals surface area contributed by atoms with E-state index in [0.29, 0.717) is 24.8 Å². The number of H-pyrrole nitrogens is 1. The van der Waals surface area contributed by atoms with Gasteiger partial charge in [-0.15, -0.1) is 0 Å². The summed E-state index contributed by atoms with van der Waals surface area (Å²) in [5.74, 6) is 0.819. The number of nitrogens with one attached hydrogen (secondary N) is 1. The second-order valence-electron chi connectivity index (χ2n) is 8.62. The van der Waals surface area contributed by atoms with Gasteiger partial charge in [-0.25, -0.2) is 4.79 Å². The van der Waals surface area contributed by atoms with Gasteiger partial charge >= 0.3 is 6.09 Å². The minimum absolute atomic E-state index is 0.267. The number of halogens is 1. The van der Waals surface area contributed by atoms with E-state index in [-0.39, 0.29) is 12.1 Å². The van der Waals surface area contributed by atoms with Gasteiger partial charge in [0.1, 0.15) is 18.4 Å². The average molecular weight is 484 g/mol. The molecule has 3 heterocycles. The summed E-state index contributed by atoms with van der Waals surface area (Å²) < 4.78 is 16.8. The molecular weight excluding hydrogens is 454 g/mol. The molecule has 1 aromatic heterocycles. The van der Waals surface area contributed by atoms with Crippen molar-refractivity contribution in [1.82, 2.24) is 14.8 Å². The topological polar surface area (TPSA) is 67.0 Å². The highest BCUT2D eigenvalue weighted by Crippen LogP contribution is 2.39. The third-order valence-corrected chi connectivity index (χ3v) is 6.80. The normalized spacial score (nSPS) is 18.6. The zero-order chi connectivity index (χ0) is 23.5. The number of aromatic nitrogens is 1. The van der Waals surface area contributed by atoms with Crippen LogP contribution in [0.25, 0.3) is 10.9 Å². The fourth-order valence-electron chi connectivity index (χ4n) is 4.87. The lowest BCUT2D eigenvalue weighted by molar-refractivity contribution is 0.0322. The number of morpholine rings is 1. The van der Waals surface area contributed by atoms with Gasteiger partial charge in [-0.3, -0.25) is 9.80 Å². The fourth-order valence-corrected chi connectivity index (χ4v) is 5.05. The van der Waals surface area contributed by atoms with E-state index in [0.717, 1.165) is 67.2 Å². The lowest BCUT2D eigenvalue weighted by atomic mass is 9.92. The second-order valence-corrected chi connectivity index (χ2v) is 9.06. The molecule has 8 heteroatoms. The number of benzene rings is 2. The number of amides is 1. The number of carbonyl (C=O) groups excluding carboxylic acids is 1. The van der Waals surface area contributed by atoms with Crippen molar-refractivity contribution in [3.63, 3.8) is 0 Å². The largest absolute Gasteiger partial charge is 0.492 e. The third kappa shape index (κ3) is 4.73. The highest BCUT2D eigenvalue weighted by molar-refractivity contribution is 6.31. The second kappa shape index (κ2) is 10.3. The molecule has 5 rings (SSSR count). The Morgan fingerprint density at radius 2 is 1.94 bits per heavy atom. The van der Waals surface area contributed by atoms with Crippen LogP contribution in [-0.2, 0) is 15.9 Å². The molecule has 1 unspecified atom stereocenters. The first-order chi connectivity index (χ1) is 16.6. The van der Waals surface area contributed by atoms with E-state index in [1.54, 1.807) is 4.90 Å². The number of fused-ring (bicyclic) bond motifs is 3. The van der Waals surface area contributed by atoms with E-state index in [2.05, 4.69) is 9.88 Å². The molecule has 0 radical (unpaired) electrons. The van der Waals surface area contributed by atoms with Crippen LogP contribution in [0.2, 0.25) is 5.02 Å². The molecule has 1 N–H and O–H groups in total. The molecule has 1 amide bonds. The summed E-state index contributed by atoms with van der Waals surface area (Å²) in [7, 11) is 0. The predicted molar refractivity (Wildman–Crippen MR) is 132 cm³/mol. The van der Waals surface area contributed by atoms with Crippen molar-refractivity contribution in [3.8, 4) is 5.75 Å². The van der Waals surface area contributed by atoms with Gasteiger partial charge in [0.2, 0.25) is 0 Å². The summed E-state index contributed by atoms with van der Waals surface area (Å²) >= 11 is 6.28. The monoisotopic (exact) mass is 483 g/mol. The maximum atomic E-state index is 12.9. The van der Waals surface area contributed by atoms with Gasteiger partial charge in [0.25, 0.3) is 0 Å². The van der Waals surface area contributed by atoms with Crippen LogP contribution in [0.1, 0.15) is 29.8 Å². The minimum atomic E-state index is -0.305. The maximum absolute atomic E-state index is 12.9. The zero-order valence-electron chi connectivity index (χ0n) is 19.4. The summed E-state index contributed by atoms with van der Waals surface area (Å²) in [6, 6.07) is 13.6. The van der Waals surface area contributed by atoms with Crippen molar-refractivity contribution in [1.29, 1.82) is 0 Å². The van der Waals surface area contributed by atoms with Gasteiger partial charge in [0.15, 0.2) is 0 Å². The van der Waals surface area contributed by atoms with Gasteiger partial charge in [0, 0.05) is 47.8 Å². The Bertz CT molecular complexity index is 1140. The molecule has 34 heavy (non-hydrogen) atoms. The van der Waals surface area contributed by atoms with Crippen LogP contribution in [0.4, 0.5) is 4.79 Å². The van der Waals surface area contributed by atoms with Gasteiger partial charge in [0.05, 0.1) is 19.8 Å². The number of ether oxygens (including phenoxy) is 3. The quantitative estimate of drug-likeness (QED) is 0.553. The smallest absolute Gasteiger partial charge is 0.410 e. The van der Waals surface area contributed by atoms with Gasteiger partial charge in [-0.1, -0.05) is 23.7 Å². The molecule has 3 aromatic rings. The van der Waals surface area contributed by atoms with E-state index < -0.39 is 0 Å². The van der Waals surface area contributed by atoms with Gasteiger partial charge < -0.3 is 19.2 Å². The molecule has 7 nitrogen and oxygen atoms in total. The molecule has 1 fully saturated rings. The molecular formula is C26H30ClN3O4. The van der Waals surface area contributed by atoms with Crippen molar-refractivity contribution in [2.75, 3.05) is 52.6 Å². The summed E-state index contributed by atoms with van der Waals surface area (Å²) in [6.45, 7) is 7.73. The number of nitrogens with zero attached hydrogens (tertiary/aromatic N) is 2. The van der Waals surface area contributed by atoms with Crippen molar-refractivity contribution >= 4 is 28.6 Å². The molecule has 0 spiro atoms. The summed E-state index contributed by atoms with van der Waals surface area (Å²) in [6.07, 6.45) is 0.439. The molecule has 1 saturated heterocycles. The van der Waals surface area contributed by atoms with Gasteiger partial charge in [-0.2, -0.15) is 0 Å². The summed E-state index contributed by atoms with van der Waals surface area (Å²) in [4.78, 5) is 20.5. The summed E-state index contributed by atoms with van der Waals surface area (Å²) in [5.41, 5.74) is 4.24. The minimum Gasteiger partial charge on any atom is -0.492 e. The molecule has 0 bridgehead atoms. The molecule has 0 saturated carbocycles. The van der Waals surface area contributed by atoms with Crippen LogP contribution in [0, 0.1) is 0 Å². The van der Waals surface area contributed by atoms with Gasteiger partial charge in [-0.05, 0) is 54.8 Å². The lowest BCUT2D eigenvalue weighted by Gasteiger charge is -2.35. The Balaban J connectivity index is 1.39. The predicted octanol–water partition coefficient (Wildman–Crippen LogP) is 4.64. The molecule has 2 aromatic carbocycles.